The van der Waals surface area contributed by atoms with Crippen LogP contribution in [0, 0.1) is 0 Å². The molecule has 0 aliphatic rings. The molecule has 0 saturated carbocycles. The van der Waals surface area contributed by atoms with Crippen LogP contribution >= 0.6 is 0 Å². The summed E-state index contributed by atoms with van der Waals surface area (Å²) in [6, 6.07) is 0. The number of hydrogen-bond donors (Lipinski definition) is 0. The molecule has 0 saturated heterocycles. The lowest BCUT2D eigenvalue weighted by Crippen LogP contribution is -2.30. The van der Waals surface area contributed by atoms with E-state index in [1.54, 1.807) is 0 Å². The van der Waals surface area contributed by atoms with Gasteiger partial charge in [-0.05, 0) is 109 Å². The van der Waals surface area contributed by atoms with E-state index in [0.717, 1.165) is 122 Å². The maximum absolute atomic E-state index is 12.9. The first kappa shape index (κ1) is 79.1. The second kappa shape index (κ2) is 70.6. The third-order valence-electron chi connectivity index (χ3n) is 15.3. The lowest BCUT2D eigenvalue weighted by Gasteiger charge is -2.18. The Hall–Kier alpha value is -3.93. The molecule has 0 fully saturated rings. The van der Waals surface area contributed by atoms with Crippen LogP contribution in [0.25, 0.3) is 0 Å². The van der Waals surface area contributed by atoms with Crippen LogP contribution in [0.2, 0.25) is 0 Å². The SMILES string of the molecule is CC/C=C\C/C=C\C/C=C\C/C=C\C/C=C\C/C=C\CCCCCCCCCCCCCCC(=O)OCC(COC(=O)CCCCCCCCCCCCCCC)OC(=O)CCCCCCCC/C=C\C/C=C\C/C=C\CCCCCCC. The van der Waals surface area contributed by atoms with Gasteiger partial charge in [-0.25, -0.2) is 0 Å². The van der Waals surface area contributed by atoms with Crippen LogP contribution < -0.4 is 0 Å². The van der Waals surface area contributed by atoms with Gasteiger partial charge in [0.15, 0.2) is 6.10 Å². The van der Waals surface area contributed by atoms with Crippen LogP contribution in [-0.2, 0) is 28.6 Å². The zero-order chi connectivity index (χ0) is 59.9. The molecule has 0 aliphatic heterocycles. The fourth-order valence-electron chi connectivity index (χ4n) is 9.99. The predicted octanol–water partition coefficient (Wildman–Crippen LogP) is 24.6. The number of unbranched alkanes of at least 4 members (excludes halogenated alkanes) is 35. The quantitative estimate of drug-likeness (QED) is 0.0261. The highest BCUT2D eigenvalue weighted by molar-refractivity contribution is 5.71. The first-order valence-electron chi connectivity index (χ1n) is 35.4. The van der Waals surface area contributed by atoms with Crippen LogP contribution in [-0.4, -0.2) is 37.2 Å². The molecular weight excluding hydrogens is 1020 g/mol. The number of ether oxygens (including phenoxy) is 3. The molecule has 0 heterocycles. The number of esters is 3. The van der Waals surface area contributed by atoms with E-state index in [2.05, 4.69) is 130 Å². The molecule has 0 rings (SSSR count). The van der Waals surface area contributed by atoms with Crippen molar-refractivity contribution in [3.8, 4) is 0 Å². The van der Waals surface area contributed by atoms with Crippen molar-refractivity contribution in [1.29, 1.82) is 0 Å². The van der Waals surface area contributed by atoms with Gasteiger partial charge >= 0.3 is 17.9 Å². The first-order chi connectivity index (χ1) is 41.0. The summed E-state index contributed by atoms with van der Waals surface area (Å²) < 4.78 is 17.0. The Morgan fingerprint density at radius 1 is 0.253 bits per heavy atom. The zero-order valence-corrected chi connectivity index (χ0v) is 54.7. The second-order valence-corrected chi connectivity index (χ2v) is 23.4. The molecule has 0 bridgehead atoms. The van der Waals surface area contributed by atoms with Crippen LogP contribution in [0.15, 0.2) is 109 Å². The molecule has 476 valence electrons. The molecule has 0 aromatic rings. The number of allylic oxidation sites excluding steroid dienone is 18. The molecule has 6 heteroatoms. The maximum atomic E-state index is 12.9. The predicted molar refractivity (Wildman–Crippen MR) is 362 cm³/mol. The molecule has 0 amide bonds. The molecule has 0 spiro atoms. The molecule has 1 unspecified atom stereocenters. The number of carbonyl (C=O) groups is 3. The van der Waals surface area contributed by atoms with Crippen molar-refractivity contribution in [2.24, 2.45) is 0 Å². The fourth-order valence-corrected chi connectivity index (χ4v) is 9.99. The molecule has 0 radical (unpaired) electrons. The second-order valence-electron chi connectivity index (χ2n) is 23.4. The average Bonchev–Trinajstić information content (AvgIpc) is 3.49. The van der Waals surface area contributed by atoms with Crippen molar-refractivity contribution >= 4 is 17.9 Å². The van der Waals surface area contributed by atoms with Crippen molar-refractivity contribution in [3.05, 3.63) is 109 Å². The van der Waals surface area contributed by atoms with E-state index in [1.165, 1.54) is 180 Å². The van der Waals surface area contributed by atoms with E-state index < -0.39 is 6.10 Å². The summed E-state index contributed by atoms with van der Waals surface area (Å²) in [5.74, 6) is -0.881. The van der Waals surface area contributed by atoms with E-state index in [-0.39, 0.29) is 31.1 Å². The van der Waals surface area contributed by atoms with Gasteiger partial charge in [-0.2, -0.15) is 0 Å². The summed E-state index contributed by atoms with van der Waals surface area (Å²) in [6.07, 6.45) is 96.8. The summed E-state index contributed by atoms with van der Waals surface area (Å²) in [5.41, 5.74) is 0. The minimum Gasteiger partial charge on any atom is -0.462 e. The summed E-state index contributed by atoms with van der Waals surface area (Å²) in [5, 5.41) is 0. The summed E-state index contributed by atoms with van der Waals surface area (Å²) in [7, 11) is 0. The molecule has 0 aromatic carbocycles. The minimum absolute atomic E-state index is 0.0806. The summed E-state index contributed by atoms with van der Waals surface area (Å²) >= 11 is 0. The van der Waals surface area contributed by atoms with E-state index in [0.29, 0.717) is 19.3 Å². The van der Waals surface area contributed by atoms with Gasteiger partial charge in [0, 0.05) is 19.3 Å². The smallest absolute Gasteiger partial charge is 0.306 e. The first-order valence-corrected chi connectivity index (χ1v) is 35.4. The van der Waals surface area contributed by atoms with Gasteiger partial charge in [0.1, 0.15) is 13.2 Å². The monoisotopic (exact) mass is 1150 g/mol. The minimum atomic E-state index is -0.786. The Morgan fingerprint density at radius 3 is 0.735 bits per heavy atom. The van der Waals surface area contributed by atoms with Gasteiger partial charge in [0.25, 0.3) is 0 Å². The van der Waals surface area contributed by atoms with Gasteiger partial charge in [-0.1, -0.05) is 323 Å². The Morgan fingerprint density at radius 2 is 0.470 bits per heavy atom. The average molecular weight is 1150 g/mol. The third-order valence-corrected chi connectivity index (χ3v) is 15.3. The van der Waals surface area contributed by atoms with E-state index in [4.69, 9.17) is 14.2 Å². The summed E-state index contributed by atoms with van der Waals surface area (Å²) in [4.78, 5) is 38.4. The molecular formula is C77H132O6. The molecule has 0 aromatic heterocycles. The van der Waals surface area contributed by atoms with Gasteiger partial charge < -0.3 is 14.2 Å². The molecule has 0 aliphatic carbocycles. The van der Waals surface area contributed by atoms with Crippen molar-refractivity contribution in [3.63, 3.8) is 0 Å². The van der Waals surface area contributed by atoms with Gasteiger partial charge in [0.05, 0.1) is 0 Å². The zero-order valence-electron chi connectivity index (χ0n) is 54.7. The largest absolute Gasteiger partial charge is 0.462 e. The number of carbonyl (C=O) groups excluding carboxylic acids is 3. The fraction of sp³-hybridized carbons (Fsp3) is 0.727. The highest BCUT2D eigenvalue weighted by atomic mass is 16.6. The van der Waals surface area contributed by atoms with Crippen LogP contribution in [0.5, 0.6) is 0 Å². The highest BCUT2D eigenvalue weighted by Crippen LogP contribution is 2.17. The van der Waals surface area contributed by atoms with Crippen molar-refractivity contribution in [2.75, 3.05) is 13.2 Å². The van der Waals surface area contributed by atoms with Crippen molar-refractivity contribution in [1.82, 2.24) is 0 Å². The van der Waals surface area contributed by atoms with Crippen LogP contribution in [0.4, 0.5) is 0 Å². The standard InChI is InChI=1S/C77H132O6/c1-4-7-10-13-16-19-22-25-27-29-31-33-34-35-36-37-38-39-40-41-42-44-45-47-49-52-55-58-61-64-67-70-76(79)82-73-74(72-81-75(78)69-66-63-60-57-54-51-24-21-18-15-12-9-6-3)83-77(80)71-68-65-62-59-56-53-50-48-46-43-32-30-28-26-23-20-17-14-11-8-5-2/h7,10,16,19,23,25-27,30-33,35-36,38-39,46,48,74H,4-6,8-9,11-15,17-18,20-22,24,28-29,34,37,40-45,47,49-73H2,1-3H3/b10-7-,19-16-,26-23-,27-25-,32-30-,33-31-,36-35-,39-38-,48-46-. The Balaban J connectivity index is 4.28. The number of rotatable bonds is 64. The van der Waals surface area contributed by atoms with Crippen molar-refractivity contribution in [2.45, 2.75) is 348 Å². The Bertz CT molecular complexity index is 1660. The topological polar surface area (TPSA) is 78.9 Å². The van der Waals surface area contributed by atoms with Gasteiger partial charge in [-0.15, -0.1) is 0 Å². The third kappa shape index (κ3) is 68.7. The van der Waals surface area contributed by atoms with E-state index in [9.17, 15) is 14.4 Å². The summed E-state index contributed by atoms with van der Waals surface area (Å²) in [6.45, 7) is 6.54. The van der Waals surface area contributed by atoms with Crippen LogP contribution in [0.1, 0.15) is 342 Å². The van der Waals surface area contributed by atoms with E-state index >= 15 is 0 Å². The van der Waals surface area contributed by atoms with Crippen LogP contribution in [0.3, 0.4) is 0 Å². The highest BCUT2D eigenvalue weighted by Gasteiger charge is 2.19. The van der Waals surface area contributed by atoms with Crippen molar-refractivity contribution < 1.29 is 28.6 Å². The molecule has 6 nitrogen and oxygen atoms in total. The Kier molecular flexibility index (Phi) is 67.2. The lowest BCUT2D eigenvalue weighted by molar-refractivity contribution is -0.167. The Labute approximate surface area is 514 Å². The van der Waals surface area contributed by atoms with Gasteiger partial charge in [0.2, 0.25) is 0 Å². The maximum Gasteiger partial charge on any atom is 0.306 e. The molecule has 1 atom stereocenters. The lowest BCUT2D eigenvalue weighted by atomic mass is 10.0. The van der Waals surface area contributed by atoms with Gasteiger partial charge in [-0.3, -0.25) is 14.4 Å². The molecule has 83 heavy (non-hydrogen) atoms. The van der Waals surface area contributed by atoms with E-state index in [1.807, 2.05) is 0 Å². The number of hydrogen-bond acceptors (Lipinski definition) is 6. The molecule has 0 N–H and O–H groups in total. The normalized spacial score (nSPS) is 12.8.